The average molecular weight is 368 g/mol. The number of rotatable bonds is 5. The van der Waals surface area contributed by atoms with Crippen LogP contribution in [0.4, 0.5) is 5.69 Å². The Labute approximate surface area is 153 Å². The SMILES string of the molecule is Cc1cc(C)c(S(=O)(=O)Nc2ccc(Oc3ccncc3)cc2)c(C)c1. The molecule has 0 unspecified atom stereocenters. The van der Waals surface area contributed by atoms with Crippen molar-refractivity contribution in [3.63, 3.8) is 0 Å². The predicted octanol–water partition coefficient (Wildman–Crippen LogP) is 4.60. The second kappa shape index (κ2) is 7.17. The molecule has 0 radical (unpaired) electrons. The third-order valence-electron chi connectivity index (χ3n) is 3.87. The van der Waals surface area contributed by atoms with Gasteiger partial charge >= 0.3 is 0 Å². The summed E-state index contributed by atoms with van der Waals surface area (Å²) in [6, 6.07) is 14.0. The van der Waals surface area contributed by atoms with Crippen molar-refractivity contribution in [2.75, 3.05) is 4.72 Å². The van der Waals surface area contributed by atoms with E-state index in [9.17, 15) is 8.42 Å². The minimum Gasteiger partial charge on any atom is -0.457 e. The van der Waals surface area contributed by atoms with Crippen LogP contribution in [0.25, 0.3) is 0 Å². The molecule has 0 amide bonds. The van der Waals surface area contributed by atoms with Crippen LogP contribution in [-0.2, 0) is 10.0 Å². The number of benzene rings is 2. The van der Waals surface area contributed by atoms with Crippen LogP contribution in [0.3, 0.4) is 0 Å². The Morgan fingerprint density at radius 3 is 1.96 bits per heavy atom. The minimum atomic E-state index is -3.66. The number of ether oxygens (including phenoxy) is 1. The van der Waals surface area contributed by atoms with Crippen molar-refractivity contribution in [1.82, 2.24) is 4.98 Å². The molecule has 0 saturated heterocycles. The van der Waals surface area contributed by atoms with Crippen molar-refractivity contribution in [1.29, 1.82) is 0 Å². The molecular weight excluding hydrogens is 348 g/mol. The maximum Gasteiger partial charge on any atom is 0.262 e. The van der Waals surface area contributed by atoms with Gasteiger partial charge in [0.05, 0.1) is 4.90 Å². The van der Waals surface area contributed by atoms with E-state index in [-0.39, 0.29) is 0 Å². The molecule has 6 heteroatoms. The fraction of sp³-hybridized carbons (Fsp3) is 0.150. The fourth-order valence-corrected chi connectivity index (χ4v) is 4.44. The second-order valence-corrected chi connectivity index (χ2v) is 7.76. The van der Waals surface area contributed by atoms with Crippen LogP contribution in [0.15, 0.2) is 65.8 Å². The molecule has 26 heavy (non-hydrogen) atoms. The van der Waals surface area contributed by atoms with Crippen LogP contribution in [0.5, 0.6) is 11.5 Å². The molecule has 0 fully saturated rings. The zero-order valence-corrected chi connectivity index (χ0v) is 15.7. The number of sulfonamides is 1. The lowest BCUT2D eigenvalue weighted by Crippen LogP contribution is -2.15. The lowest BCUT2D eigenvalue weighted by Gasteiger charge is -2.14. The lowest BCUT2D eigenvalue weighted by atomic mass is 10.1. The van der Waals surface area contributed by atoms with Gasteiger partial charge in [0, 0.05) is 18.1 Å². The lowest BCUT2D eigenvalue weighted by molar-refractivity contribution is 0.482. The highest BCUT2D eigenvalue weighted by Crippen LogP contribution is 2.26. The highest BCUT2D eigenvalue weighted by Gasteiger charge is 2.20. The van der Waals surface area contributed by atoms with E-state index in [1.54, 1.807) is 62.6 Å². The molecule has 3 aromatic rings. The predicted molar refractivity (Wildman–Crippen MR) is 102 cm³/mol. The summed E-state index contributed by atoms with van der Waals surface area (Å²) in [5, 5.41) is 0. The van der Waals surface area contributed by atoms with Crippen molar-refractivity contribution in [3.8, 4) is 11.5 Å². The highest BCUT2D eigenvalue weighted by atomic mass is 32.2. The first kappa shape index (κ1) is 17.9. The Kier molecular flexibility index (Phi) is 4.95. The van der Waals surface area contributed by atoms with E-state index >= 15 is 0 Å². The van der Waals surface area contributed by atoms with Crippen LogP contribution in [0, 0.1) is 20.8 Å². The monoisotopic (exact) mass is 368 g/mol. The molecule has 1 aromatic heterocycles. The molecule has 0 aliphatic heterocycles. The summed E-state index contributed by atoms with van der Waals surface area (Å²) in [4.78, 5) is 4.25. The van der Waals surface area contributed by atoms with Gasteiger partial charge in [0.2, 0.25) is 0 Å². The van der Waals surface area contributed by atoms with E-state index in [0.717, 1.165) is 16.7 Å². The van der Waals surface area contributed by atoms with Crippen molar-refractivity contribution >= 4 is 15.7 Å². The number of aryl methyl sites for hydroxylation is 3. The van der Waals surface area contributed by atoms with E-state index in [2.05, 4.69) is 9.71 Å². The summed E-state index contributed by atoms with van der Waals surface area (Å²) in [5.74, 6) is 1.28. The summed E-state index contributed by atoms with van der Waals surface area (Å²) in [6.07, 6.45) is 3.29. The second-order valence-electron chi connectivity index (χ2n) is 6.14. The van der Waals surface area contributed by atoms with Crippen LogP contribution >= 0.6 is 0 Å². The summed E-state index contributed by atoms with van der Waals surface area (Å²) < 4.78 is 33.9. The van der Waals surface area contributed by atoms with Crippen molar-refractivity contribution in [3.05, 3.63) is 77.6 Å². The van der Waals surface area contributed by atoms with E-state index in [1.807, 2.05) is 19.1 Å². The fourth-order valence-electron chi connectivity index (χ4n) is 2.93. The van der Waals surface area contributed by atoms with E-state index in [0.29, 0.717) is 22.1 Å². The first-order chi connectivity index (χ1) is 12.3. The molecule has 134 valence electrons. The standard InChI is InChI=1S/C20H20N2O3S/c1-14-12-15(2)20(16(3)13-14)26(23,24)22-17-4-6-18(7-5-17)25-19-8-10-21-11-9-19/h4-13,22H,1-3H3. The molecule has 2 aromatic carbocycles. The Hall–Kier alpha value is -2.86. The minimum absolute atomic E-state index is 0.320. The molecule has 0 saturated carbocycles. The zero-order valence-electron chi connectivity index (χ0n) is 14.9. The third kappa shape index (κ3) is 4.03. The molecule has 3 rings (SSSR count). The summed E-state index contributed by atoms with van der Waals surface area (Å²) in [5.41, 5.74) is 2.98. The topological polar surface area (TPSA) is 68.3 Å². The Balaban J connectivity index is 1.80. The van der Waals surface area contributed by atoms with E-state index < -0.39 is 10.0 Å². The summed E-state index contributed by atoms with van der Waals surface area (Å²) >= 11 is 0. The van der Waals surface area contributed by atoms with Gasteiger partial charge in [-0.15, -0.1) is 0 Å². The Morgan fingerprint density at radius 1 is 0.846 bits per heavy atom. The van der Waals surface area contributed by atoms with Crippen LogP contribution in [0.2, 0.25) is 0 Å². The number of anilines is 1. The van der Waals surface area contributed by atoms with E-state index in [1.165, 1.54) is 0 Å². The zero-order chi connectivity index (χ0) is 18.7. The number of pyridine rings is 1. The number of nitrogens with one attached hydrogen (secondary N) is 1. The third-order valence-corrected chi connectivity index (χ3v) is 5.55. The normalized spacial score (nSPS) is 11.2. The molecule has 1 heterocycles. The van der Waals surface area contributed by atoms with Crippen LogP contribution in [-0.4, -0.2) is 13.4 Å². The molecule has 0 spiro atoms. The molecular formula is C20H20N2O3S. The van der Waals surface area contributed by atoms with Gasteiger partial charge in [0.15, 0.2) is 0 Å². The van der Waals surface area contributed by atoms with Gasteiger partial charge in [-0.1, -0.05) is 17.7 Å². The highest BCUT2D eigenvalue weighted by molar-refractivity contribution is 7.92. The van der Waals surface area contributed by atoms with Crippen molar-refractivity contribution in [2.45, 2.75) is 25.7 Å². The molecule has 0 bridgehead atoms. The van der Waals surface area contributed by atoms with Crippen LogP contribution < -0.4 is 9.46 Å². The van der Waals surface area contributed by atoms with Crippen molar-refractivity contribution in [2.24, 2.45) is 0 Å². The van der Waals surface area contributed by atoms with Gasteiger partial charge in [-0.05, 0) is 68.3 Å². The Morgan fingerprint density at radius 2 is 1.38 bits per heavy atom. The van der Waals surface area contributed by atoms with Gasteiger partial charge in [0.1, 0.15) is 11.5 Å². The summed E-state index contributed by atoms with van der Waals surface area (Å²) in [7, 11) is -3.66. The average Bonchev–Trinajstić information content (AvgIpc) is 2.56. The number of hydrogen-bond acceptors (Lipinski definition) is 4. The maximum atomic E-state index is 12.8. The van der Waals surface area contributed by atoms with Gasteiger partial charge in [-0.2, -0.15) is 0 Å². The molecule has 1 N–H and O–H groups in total. The molecule has 5 nitrogen and oxygen atoms in total. The van der Waals surface area contributed by atoms with Crippen LogP contribution in [0.1, 0.15) is 16.7 Å². The Bertz CT molecular complexity index is 992. The van der Waals surface area contributed by atoms with Gasteiger partial charge in [-0.3, -0.25) is 9.71 Å². The van der Waals surface area contributed by atoms with Gasteiger partial charge in [0.25, 0.3) is 10.0 Å². The molecule has 0 aliphatic carbocycles. The molecule has 0 atom stereocenters. The number of hydrogen-bond donors (Lipinski definition) is 1. The summed E-state index contributed by atoms with van der Waals surface area (Å²) in [6.45, 7) is 5.56. The number of nitrogens with zero attached hydrogens (tertiary/aromatic N) is 1. The largest absolute Gasteiger partial charge is 0.457 e. The quantitative estimate of drug-likeness (QED) is 0.715. The number of aromatic nitrogens is 1. The van der Waals surface area contributed by atoms with Gasteiger partial charge in [-0.25, -0.2) is 8.42 Å². The maximum absolute atomic E-state index is 12.8. The smallest absolute Gasteiger partial charge is 0.262 e. The van der Waals surface area contributed by atoms with Crippen molar-refractivity contribution < 1.29 is 13.2 Å². The van der Waals surface area contributed by atoms with E-state index in [4.69, 9.17) is 4.74 Å². The molecule has 0 aliphatic rings. The first-order valence-electron chi connectivity index (χ1n) is 8.14. The first-order valence-corrected chi connectivity index (χ1v) is 9.62. The van der Waals surface area contributed by atoms with Gasteiger partial charge < -0.3 is 4.74 Å².